The number of nitrogens with two attached hydrogens (primary N) is 1. The van der Waals surface area contributed by atoms with E-state index in [1.54, 1.807) is 12.1 Å². The number of hydrogen-bond acceptors (Lipinski definition) is 17. The second-order valence-corrected chi connectivity index (χ2v) is 12.8. The maximum atomic E-state index is 13.4. The van der Waals surface area contributed by atoms with Gasteiger partial charge >= 0.3 is 10.4 Å². The molecule has 2 aliphatic rings. The van der Waals surface area contributed by atoms with Crippen LogP contribution in [0.1, 0.15) is 31.5 Å². The summed E-state index contributed by atoms with van der Waals surface area (Å²) in [5, 5.41) is 29.7. The minimum absolute atomic E-state index is 0.0258. The molecule has 22 heteroatoms. The molecule has 20 nitrogen and oxygen atoms in total. The topological polar surface area (TPSA) is 274 Å². The number of β-lactam (4-membered cyclic amide) rings is 1. The first-order chi connectivity index (χ1) is 22.4. The van der Waals surface area contributed by atoms with Gasteiger partial charge in [-0.05, 0) is 44.2 Å². The van der Waals surface area contributed by atoms with E-state index in [9.17, 15) is 18.0 Å². The Bertz CT molecular complexity index is 1930. The van der Waals surface area contributed by atoms with Gasteiger partial charge in [0.1, 0.15) is 29.9 Å². The molecule has 0 saturated carbocycles. The molecule has 3 aromatic heterocycles. The van der Waals surface area contributed by atoms with Crippen molar-refractivity contribution < 1.29 is 36.4 Å². The van der Waals surface area contributed by atoms with Gasteiger partial charge in [0.2, 0.25) is 11.9 Å². The number of benzene rings is 1. The van der Waals surface area contributed by atoms with Crippen molar-refractivity contribution >= 4 is 61.1 Å². The lowest BCUT2D eigenvalue weighted by Gasteiger charge is -2.50. The number of H-pyrrole nitrogens is 1. The molecule has 1 aromatic carbocycles. The molecular weight excluding hydrogens is 660 g/mol. The van der Waals surface area contributed by atoms with Crippen LogP contribution in [0.3, 0.4) is 0 Å². The van der Waals surface area contributed by atoms with Crippen molar-refractivity contribution in [3.05, 3.63) is 47.2 Å². The Morgan fingerprint density at radius 2 is 2.09 bits per heavy atom. The SMILES string of the molecule is CC1(C)C(NC(=O)/C(=N\O[C@@H](COc2ccc3nc(NC4CNC4)ccc3c2)c2nn[nH]n2)c2csc(N)n2)C(=O)N1OS(=O)(=O)O. The van der Waals surface area contributed by atoms with Crippen LogP contribution in [0.4, 0.5) is 10.9 Å². The molecule has 47 heavy (non-hydrogen) atoms. The summed E-state index contributed by atoms with van der Waals surface area (Å²) in [6, 6.07) is 8.25. The molecule has 0 radical (unpaired) electrons. The second-order valence-electron chi connectivity index (χ2n) is 10.9. The Morgan fingerprint density at radius 1 is 1.28 bits per heavy atom. The molecule has 5 heterocycles. The van der Waals surface area contributed by atoms with Crippen LogP contribution in [0.25, 0.3) is 10.9 Å². The quantitative estimate of drug-likeness (QED) is 0.0449. The number of tetrazole rings is 1. The average Bonchev–Trinajstić information content (AvgIpc) is 3.70. The Balaban J connectivity index is 1.18. The highest BCUT2D eigenvalue weighted by molar-refractivity contribution is 7.80. The number of aromatic amines is 1. The summed E-state index contributed by atoms with van der Waals surface area (Å²) in [4.78, 5) is 40.5. The average molecular weight is 689 g/mol. The van der Waals surface area contributed by atoms with Gasteiger partial charge in [-0.25, -0.2) is 9.97 Å². The van der Waals surface area contributed by atoms with Crippen LogP contribution in [-0.2, 0) is 29.1 Å². The van der Waals surface area contributed by atoms with Crippen molar-refractivity contribution in [3.8, 4) is 5.75 Å². The molecule has 248 valence electrons. The summed E-state index contributed by atoms with van der Waals surface area (Å²) >= 11 is 1.03. The zero-order chi connectivity index (χ0) is 33.3. The number of pyridine rings is 1. The number of hydrogen-bond donors (Lipinski definition) is 6. The summed E-state index contributed by atoms with van der Waals surface area (Å²) in [5.41, 5.74) is 4.82. The highest BCUT2D eigenvalue weighted by Gasteiger charge is 2.58. The van der Waals surface area contributed by atoms with E-state index in [-0.39, 0.29) is 29.0 Å². The number of nitrogen functional groups attached to an aromatic ring is 1. The van der Waals surface area contributed by atoms with Crippen LogP contribution in [0.15, 0.2) is 40.9 Å². The van der Waals surface area contributed by atoms with Crippen LogP contribution >= 0.6 is 11.3 Å². The van der Waals surface area contributed by atoms with Gasteiger partial charge in [-0.1, -0.05) is 10.4 Å². The Morgan fingerprint density at radius 3 is 2.72 bits per heavy atom. The Kier molecular flexibility index (Phi) is 8.59. The number of anilines is 2. The van der Waals surface area contributed by atoms with Crippen molar-refractivity contribution in [1.82, 2.24) is 46.3 Å². The van der Waals surface area contributed by atoms with Crippen molar-refractivity contribution in [2.75, 3.05) is 30.7 Å². The number of carbonyl (C=O) groups is 2. The highest BCUT2D eigenvalue weighted by Crippen LogP contribution is 2.33. The molecular formula is C25H28N12O8S2. The van der Waals surface area contributed by atoms with Gasteiger partial charge in [0.25, 0.3) is 11.8 Å². The third-order valence-electron chi connectivity index (χ3n) is 7.22. The minimum Gasteiger partial charge on any atom is -0.489 e. The summed E-state index contributed by atoms with van der Waals surface area (Å²) in [6.45, 7) is 4.43. The lowest BCUT2D eigenvalue weighted by atomic mass is 9.84. The third-order valence-corrected chi connectivity index (χ3v) is 8.23. The predicted molar refractivity (Wildman–Crippen MR) is 164 cm³/mol. The molecule has 0 spiro atoms. The first-order valence-corrected chi connectivity index (χ1v) is 16.1. The zero-order valence-corrected chi connectivity index (χ0v) is 26.3. The number of nitrogens with zero attached hydrogens (tertiary/aromatic N) is 7. The molecule has 2 amide bonds. The van der Waals surface area contributed by atoms with E-state index in [0.717, 1.165) is 41.1 Å². The molecule has 1 unspecified atom stereocenters. The van der Waals surface area contributed by atoms with Gasteiger partial charge in [-0.2, -0.15) is 18.7 Å². The number of nitrogens with one attached hydrogen (secondary N) is 4. The summed E-state index contributed by atoms with van der Waals surface area (Å²) in [5.74, 6) is -0.534. The fourth-order valence-electron chi connectivity index (χ4n) is 4.64. The smallest absolute Gasteiger partial charge is 0.418 e. The summed E-state index contributed by atoms with van der Waals surface area (Å²) < 4.78 is 41.6. The second kappa shape index (κ2) is 12.6. The number of amides is 2. The monoisotopic (exact) mass is 688 g/mol. The third kappa shape index (κ3) is 7.05. The van der Waals surface area contributed by atoms with Crippen LogP contribution < -0.4 is 26.4 Å². The van der Waals surface area contributed by atoms with E-state index < -0.39 is 39.9 Å². The number of fused-ring (bicyclic) bond motifs is 1. The fourth-order valence-corrected chi connectivity index (χ4v) is 5.64. The maximum absolute atomic E-state index is 13.4. The van der Waals surface area contributed by atoms with E-state index >= 15 is 0 Å². The van der Waals surface area contributed by atoms with Crippen molar-refractivity contribution in [2.24, 2.45) is 5.16 Å². The summed E-state index contributed by atoms with van der Waals surface area (Å²) in [6.07, 6.45) is -1.08. The maximum Gasteiger partial charge on any atom is 0.418 e. The Labute approximate surface area is 270 Å². The van der Waals surface area contributed by atoms with Crippen LogP contribution in [0, 0.1) is 0 Å². The normalized spacial score (nSPS) is 18.7. The van der Waals surface area contributed by atoms with Crippen LogP contribution in [0.2, 0.25) is 0 Å². The molecule has 0 aliphatic carbocycles. The molecule has 2 saturated heterocycles. The molecule has 2 aliphatic heterocycles. The van der Waals surface area contributed by atoms with Gasteiger partial charge in [-0.3, -0.25) is 14.1 Å². The number of aromatic nitrogens is 6. The lowest BCUT2D eigenvalue weighted by molar-refractivity contribution is -0.218. The minimum atomic E-state index is -4.99. The lowest BCUT2D eigenvalue weighted by Crippen LogP contribution is -2.76. The van der Waals surface area contributed by atoms with E-state index in [1.165, 1.54) is 19.2 Å². The number of rotatable bonds is 13. The zero-order valence-electron chi connectivity index (χ0n) is 24.6. The van der Waals surface area contributed by atoms with E-state index in [0.29, 0.717) is 16.9 Å². The van der Waals surface area contributed by atoms with Crippen molar-refractivity contribution in [2.45, 2.75) is 37.6 Å². The molecule has 0 bridgehead atoms. The fraction of sp³-hybridized carbons (Fsp3) is 0.360. The van der Waals surface area contributed by atoms with Crippen molar-refractivity contribution in [1.29, 1.82) is 0 Å². The van der Waals surface area contributed by atoms with E-state index in [4.69, 9.17) is 19.9 Å². The van der Waals surface area contributed by atoms with Crippen LogP contribution in [-0.4, -0.2) is 103 Å². The van der Waals surface area contributed by atoms with Crippen molar-refractivity contribution in [3.63, 3.8) is 0 Å². The van der Waals surface area contributed by atoms with Gasteiger partial charge in [0.05, 0.1) is 17.1 Å². The highest BCUT2D eigenvalue weighted by atomic mass is 32.3. The standard InChI is InChI=1S/C25H28N12O8S2/c1-25(2)20(23(39)37(25)45-47(40,41)42)31-22(38)19(16-11-46-24(26)30-16)34-44-17(21-32-35-36-33-21)10-43-14-4-5-15-12(7-14)3-6-18(29-15)28-13-8-27-9-13/h3-7,11,13,17,20,27H,8-10H2,1-2H3,(H2,26,30)(H,28,29)(H,31,38)(H,40,41,42)(H,32,33,35,36)/b34-19-/t17-,20?/m0/s1. The number of hydroxylamine groups is 2. The molecule has 6 rings (SSSR count). The van der Waals surface area contributed by atoms with Gasteiger partial charge < -0.3 is 31.3 Å². The summed E-state index contributed by atoms with van der Waals surface area (Å²) in [7, 11) is -4.99. The first kappa shape index (κ1) is 31.9. The number of carbonyl (C=O) groups excluding carboxylic acids is 2. The van der Waals surface area contributed by atoms with E-state index in [1.807, 2.05) is 18.2 Å². The van der Waals surface area contributed by atoms with E-state index in [2.05, 4.69) is 56.0 Å². The van der Waals surface area contributed by atoms with Crippen LogP contribution in [0.5, 0.6) is 5.75 Å². The van der Waals surface area contributed by atoms with Gasteiger partial charge in [-0.15, -0.1) is 25.8 Å². The molecule has 7 N–H and O–H groups in total. The number of oxime groups is 1. The first-order valence-electron chi connectivity index (χ1n) is 13.9. The number of thiazole rings is 1. The molecule has 2 atom stereocenters. The number of ether oxygens (including phenoxy) is 1. The predicted octanol–water partition coefficient (Wildman–Crippen LogP) is -0.449. The molecule has 2 fully saturated rings. The molecule has 4 aromatic rings. The van der Waals surface area contributed by atoms with Gasteiger partial charge in [0, 0.05) is 23.9 Å². The largest absolute Gasteiger partial charge is 0.489 e. The van der Waals surface area contributed by atoms with Gasteiger partial charge in [0.15, 0.2) is 10.8 Å². The Hall–Kier alpha value is -5.03.